The Bertz CT molecular complexity index is 789. The molecular weight excluding hydrogens is 282 g/mol. The second kappa shape index (κ2) is 5.01. The highest BCUT2D eigenvalue weighted by molar-refractivity contribution is 7.92. The van der Waals surface area contributed by atoms with Crippen LogP contribution in [0.25, 0.3) is 0 Å². The Kier molecular flexibility index (Phi) is 3.30. The van der Waals surface area contributed by atoms with Crippen LogP contribution in [0.5, 0.6) is 0 Å². The van der Waals surface area contributed by atoms with Crippen molar-refractivity contribution in [3.05, 3.63) is 65.7 Å². The molecule has 2 aromatic rings. The summed E-state index contributed by atoms with van der Waals surface area (Å²) in [5.41, 5.74) is 2.05. The van der Waals surface area contributed by atoms with Crippen molar-refractivity contribution in [1.29, 1.82) is 5.26 Å². The Morgan fingerprint density at radius 1 is 1.00 bits per heavy atom. The third-order valence-corrected chi connectivity index (χ3v) is 6.23. The third kappa shape index (κ3) is 2.34. The predicted octanol–water partition coefficient (Wildman–Crippen LogP) is 3.07. The zero-order valence-corrected chi connectivity index (χ0v) is 12.4. The van der Waals surface area contributed by atoms with Crippen LogP contribution in [0, 0.1) is 24.2 Å². The highest BCUT2D eigenvalue weighted by atomic mass is 32.2. The molecule has 0 heterocycles. The quantitative estimate of drug-likeness (QED) is 0.874. The lowest BCUT2D eigenvalue weighted by Gasteiger charge is -2.04. The van der Waals surface area contributed by atoms with Crippen LogP contribution in [0.2, 0.25) is 0 Å². The van der Waals surface area contributed by atoms with E-state index in [2.05, 4.69) is 6.07 Å². The first-order valence-corrected chi connectivity index (χ1v) is 8.35. The summed E-state index contributed by atoms with van der Waals surface area (Å²) in [6.45, 7) is 1.98. The molecule has 2 aromatic carbocycles. The van der Waals surface area contributed by atoms with Gasteiger partial charge in [-0.15, -0.1) is 0 Å². The Hall–Kier alpha value is -2.12. The summed E-state index contributed by atoms with van der Waals surface area (Å²) in [7, 11) is -3.46. The van der Waals surface area contributed by atoms with Crippen molar-refractivity contribution in [2.45, 2.75) is 23.0 Å². The van der Waals surface area contributed by atoms with Crippen LogP contribution in [-0.2, 0) is 9.84 Å². The summed E-state index contributed by atoms with van der Waals surface area (Å²) in [5, 5.41) is 8.63. The highest BCUT2D eigenvalue weighted by Gasteiger charge is 2.59. The molecule has 106 valence electrons. The number of sulfone groups is 1. The van der Waals surface area contributed by atoms with Crippen molar-refractivity contribution in [3.8, 4) is 6.07 Å². The molecule has 0 spiro atoms. The van der Waals surface area contributed by atoms with Gasteiger partial charge in [-0.1, -0.05) is 48.0 Å². The van der Waals surface area contributed by atoms with Gasteiger partial charge in [-0.3, -0.25) is 0 Å². The highest BCUT2D eigenvalue weighted by Crippen LogP contribution is 2.53. The second-order valence-electron chi connectivity index (χ2n) is 5.41. The molecule has 3 rings (SSSR count). The molecule has 0 radical (unpaired) electrons. The fraction of sp³-hybridized carbons (Fsp3) is 0.235. The number of aryl methyl sites for hydroxylation is 1. The van der Waals surface area contributed by atoms with Crippen molar-refractivity contribution in [2.24, 2.45) is 5.92 Å². The number of hydrogen-bond acceptors (Lipinski definition) is 3. The smallest absolute Gasteiger partial charge is 0.183 e. The lowest BCUT2D eigenvalue weighted by Crippen LogP contribution is -2.10. The van der Waals surface area contributed by atoms with Gasteiger partial charge >= 0.3 is 0 Å². The molecule has 1 saturated carbocycles. The number of nitriles is 1. The lowest BCUT2D eigenvalue weighted by molar-refractivity contribution is 0.593. The first-order chi connectivity index (χ1) is 10.1. The molecule has 1 aliphatic carbocycles. The van der Waals surface area contributed by atoms with Crippen molar-refractivity contribution in [3.63, 3.8) is 0 Å². The number of nitrogens with zero attached hydrogens (tertiary/aromatic N) is 1. The molecule has 4 heteroatoms. The average molecular weight is 297 g/mol. The molecule has 21 heavy (non-hydrogen) atoms. The fourth-order valence-corrected chi connectivity index (χ4v) is 4.86. The largest absolute Gasteiger partial charge is 0.223 e. The topological polar surface area (TPSA) is 57.9 Å². The Labute approximate surface area is 124 Å². The van der Waals surface area contributed by atoms with Crippen LogP contribution in [0.3, 0.4) is 0 Å². The zero-order valence-electron chi connectivity index (χ0n) is 11.6. The van der Waals surface area contributed by atoms with E-state index in [1.807, 2.05) is 31.2 Å². The van der Waals surface area contributed by atoms with Gasteiger partial charge in [-0.05, 0) is 24.6 Å². The van der Waals surface area contributed by atoms with E-state index in [9.17, 15) is 13.7 Å². The number of hydrogen-bond donors (Lipinski definition) is 0. The second-order valence-corrected chi connectivity index (χ2v) is 7.52. The maximum atomic E-state index is 12.7. The first-order valence-electron chi connectivity index (χ1n) is 6.81. The van der Waals surface area contributed by atoms with Gasteiger partial charge in [0.2, 0.25) is 0 Å². The number of rotatable bonds is 3. The maximum Gasteiger partial charge on any atom is 0.183 e. The molecule has 0 aromatic heterocycles. The average Bonchev–Trinajstić information content (AvgIpc) is 3.24. The van der Waals surface area contributed by atoms with Crippen molar-refractivity contribution in [2.75, 3.05) is 0 Å². The standard InChI is InChI=1S/C17H15NO2S/c1-12-7-9-13(10-8-12)16-15(11-18)17(16)21(19,20)14-5-3-2-4-6-14/h2-10,15-17H,1H3/t15-,16+,17+/m1/s1. The van der Waals surface area contributed by atoms with Crippen molar-refractivity contribution >= 4 is 9.84 Å². The predicted molar refractivity (Wildman–Crippen MR) is 80.4 cm³/mol. The van der Waals surface area contributed by atoms with Gasteiger partial charge in [0.15, 0.2) is 9.84 Å². The molecule has 3 nitrogen and oxygen atoms in total. The summed E-state index contributed by atoms with van der Waals surface area (Å²) in [5.74, 6) is -0.682. The maximum absolute atomic E-state index is 12.7. The van der Waals surface area contributed by atoms with E-state index < -0.39 is 21.0 Å². The molecule has 0 N–H and O–H groups in total. The summed E-state index contributed by atoms with van der Waals surface area (Å²) < 4.78 is 25.3. The van der Waals surface area contributed by atoms with E-state index in [1.165, 1.54) is 0 Å². The van der Waals surface area contributed by atoms with Gasteiger partial charge in [0.25, 0.3) is 0 Å². The van der Waals surface area contributed by atoms with E-state index in [1.54, 1.807) is 30.3 Å². The Morgan fingerprint density at radius 2 is 1.62 bits per heavy atom. The third-order valence-electron chi connectivity index (χ3n) is 4.00. The van der Waals surface area contributed by atoms with E-state index in [0.29, 0.717) is 4.90 Å². The van der Waals surface area contributed by atoms with Crippen molar-refractivity contribution in [1.82, 2.24) is 0 Å². The SMILES string of the molecule is Cc1ccc([C@H]2[C@@H](C#N)[C@@H]2S(=O)(=O)c2ccccc2)cc1. The molecule has 1 fully saturated rings. The summed E-state index contributed by atoms with van der Waals surface area (Å²) in [4.78, 5) is 0.296. The molecule has 0 amide bonds. The summed E-state index contributed by atoms with van der Waals surface area (Å²) in [6.07, 6.45) is 0. The zero-order chi connectivity index (χ0) is 15.0. The van der Waals surface area contributed by atoms with Gasteiger partial charge in [-0.25, -0.2) is 8.42 Å². The normalized spacial score (nSPS) is 24.3. The fourth-order valence-electron chi connectivity index (χ4n) is 2.78. The molecule has 1 aliphatic rings. The van der Waals surface area contributed by atoms with Crippen LogP contribution >= 0.6 is 0 Å². The minimum Gasteiger partial charge on any atom is -0.223 e. The van der Waals surface area contributed by atoms with Gasteiger partial charge in [0, 0.05) is 5.92 Å². The molecule has 0 bridgehead atoms. The van der Waals surface area contributed by atoms with Gasteiger partial charge in [0.1, 0.15) is 0 Å². The monoisotopic (exact) mass is 297 g/mol. The lowest BCUT2D eigenvalue weighted by atomic mass is 10.1. The van der Waals surface area contributed by atoms with E-state index in [4.69, 9.17) is 0 Å². The minimum absolute atomic E-state index is 0.221. The molecule has 0 aliphatic heterocycles. The van der Waals surface area contributed by atoms with E-state index >= 15 is 0 Å². The van der Waals surface area contributed by atoms with Crippen molar-refractivity contribution < 1.29 is 8.42 Å². The molecule has 0 unspecified atom stereocenters. The van der Waals surface area contributed by atoms with E-state index in [0.717, 1.165) is 11.1 Å². The van der Waals surface area contributed by atoms with Gasteiger partial charge < -0.3 is 0 Å². The summed E-state index contributed by atoms with van der Waals surface area (Å²) >= 11 is 0. The Balaban J connectivity index is 1.96. The van der Waals surface area contributed by atoms with Crippen LogP contribution in [0.4, 0.5) is 0 Å². The van der Waals surface area contributed by atoms with E-state index in [-0.39, 0.29) is 5.92 Å². The van der Waals surface area contributed by atoms with Crippen LogP contribution in [-0.4, -0.2) is 13.7 Å². The molecule has 0 saturated heterocycles. The first kappa shape index (κ1) is 13.8. The van der Waals surface area contributed by atoms with Crippen LogP contribution < -0.4 is 0 Å². The summed E-state index contributed by atoms with van der Waals surface area (Å²) in [6, 6.07) is 18.3. The van der Waals surface area contributed by atoms with Crippen LogP contribution in [0.1, 0.15) is 17.0 Å². The van der Waals surface area contributed by atoms with Gasteiger partial charge in [-0.2, -0.15) is 5.26 Å². The minimum atomic E-state index is -3.46. The molecule has 3 atom stereocenters. The Morgan fingerprint density at radius 3 is 2.19 bits per heavy atom. The molecular formula is C17H15NO2S. The van der Waals surface area contributed by atoms with Gasteiger partial charge in [0.05, 0.1) is 22.1 Å². The number of benzene rings is 2. The van der Waals surface area contributed by atoms with Crippen LogP contribution in [0.15, 0.2) is 59.5 Å².